The highest BCUT2D eigenvalue weighted by Gasteiger charge is 2.07. The lowest BCUT2D eigenvalue weighted by Gasteiger charge is -2.15. The maximum atomic E-state index is 5.82. The standard InChI is InChI=1S/C11H18ClN3O/c1-4-9(7-12)15-10-6-11(16-5-2)14-8(3)13-10/h6,9H,4-5,7H2,1-3H3,(H,13,14,15). The monoisotopic (exact) mass is 243 g/mol. The van der Waals surface area contributed by atoms with E-state index in [0.717, 1.165) is 12.2 Å². The number of halogens is 1. The molecule has 0 aromatic carbocycles. The van der Waals surface area contributed by atoms with Crippen molar-refractivity contribution in [2.24, 2.45) is 0 Å². The molecule has 1 aromatic rings. The molecule has 0 aliphatic rings. The number of anilines is 1. The Bertz CT molecular complexity index is 329. The fraction of sp³-hybridized carbons (Fsp3) is 0.636. The van der Waals surface area contributed by atoms with Crippen molar-refractivity contribution in [2.45, 2.75) is 33.2 Å². The molecular formula is C11H18ClN3O. The van der Waals surface area contributed by atoms with Gasteiger partial charge in [-0.3, -0.25) is 0 Å². The minimum atomic E-state index is 0.227. The Labute approximate surface area is 101 Å². The van der Waals surface area contributed by atoms with Crippen molar-refractivity contribution in [3.05, 3.63) is 11.9 Å². The van der Waals surface area contributed by atoms with Gasteiger partial charge < -0.3 is 10.1 Å². The number of hydrogen-bond acceptors (Lipinski definition) is 4. The van der Waals surface area contributed by atoms with E-state index in [2.05, 4.69) is 22.2 Å². The molecule has 1 heterocycles. The third-order valence-electron chi connectivity index (χ3n) is 2.14. The molecule has 1 unspecified atom stereocenters. The molecular weight excluding hydrogens is 226 g/mol. The smallest absolute Gasteiger partial charge is 0.218 e. The number of aryl methyl sites for hydroxylation is 1. The average Bonchev–Trinajstić information content (AvgIpc) is 2.25. The summed E-state index contributed by atoms with van der Waals surface area (Å²) in [5.41, 5.74) is 0. The molecule has 0 aliphatic carbocycles. The van der Waals surface area contributed by atoms with Gasteiger partial charge in [0.15, 0.2) is 0 Å². The van der Waals surface area contributed by atoms with Crippen LogP contribution in [0.2, 0.25) is 0 Å². The van der Waals surface area contributed by atoms with Crippen LogP contribution in [-0.2, 0) is 0 Å². The largest absolute Gasteiger partial charge is 0.478 e. The molecule has 16 heavy (non-hydrogen) atoms. The SMILES string of the molecule is CCOc1cc(NC(CC)CCl)nc(C)n1. The first-order chi connectivity index (χ1) is 7.69. The Kier molecular flexibility index (Phi) is 5.32. The number of hydrogen-bond donors (Lipinski definition) is 1. The van der Waals surface area contributed by atoms with Crippen LogP contribution in [-0.4, -0.2) is 28.5 Å². The Balaban J connectivity index is 2.78. The molecule has 0 saturated carbocycles. The van der Waals surface area contributed by atoms with Gasteiger partial charge in [0.25, 0.3) is 0 Å². The van der Waals surface area contributed by atoms with Gasteiger partial charge in [0.1, 0.15) is 11.6 Å². The zero-order valence-corrected chi connectivity index (χ0v) is 10.7. The zero-order valence-electron chi connectivity index (χ0n) is 9.96. The lowest BCUT2D eigenvalue weighted by atomic mass is 10.2. The zero-order chi connectivity index (χ0) is 12.0. The van der Waals surface area contributed by atoms with Crippen LogP contribution in [0.15, 0.2) is 6.07 Å². The maximum absolute atomic E-state index is 5.82. The van der Waals surface area contributed by atoms with Gasteiger partial charge in [0.05, 0.1) is 6.61 Å². The van der Waals surface area contributed by atoms with Gasteiger partial charge in [-0.25, -0.2) is 4.98 Å². The minimum absolute atomic E-state index is 0.227. The van der Waals surface area contributed by atoms with E-state index >= 15 is 0 Å². The molecule has 0 radical (unpaired) electrons. The van der Waals surface area contributed by atoms with Crippen LogP contribution in [0.4, 0.5) is 5.82 Å². The quantitative estimate of drug-likeness (QED) is 0.781. The summed E-state index contributed by atoms with van der Waals surface area (Å²) in [5, 5.41) is 3.25. The van der Waals surface area contributed by atoms with E-state index in [1.54, 1.807) is 6.07 Å². The van der Waals surface area contributed by atoms with Crippen LogP contribution >= 0.6 is 11.6 Å². The van der Waals surface area contributed by atoms with E-state index < -0.39 is 0 Å². The molecule has 1 atom stereocenters. The van der Waals surface area contributed by atoms with Gasteiger partial charge in [-0.15, -0.1) is 11.6 Å². The van der Waals surface area contributed by atoms with Crippen LogP contribution in [0, 0.1) is 6.92 Å². The van der Waals surface area contributed by atoms with Crippen molar-refractivity contribution in [1.82, 2.24) is 9.97 Å². The van der Waals surface area contributed by atoms with Crippen molar-refractivity contribution >= 4 is 17.4 Å². The summed E-state index contributed by atoms with van der Waals surface area (Å²) in [6.45, 7) is 6.45. The first kappa shape index (κ1) is 13.0. The first-order valence-electron chi connectivity index (χ1n) is 5.50. The van der Waals surface area contributed by atoms with Crippen molar-refractivity contribution in [3.63, 3.8) is 0 Å². The second-order valence-electron chi connectivity index (χ2n) is 3.48. The van der Waals surface area contributed by atoms with Gasteiger partial charge in [0.2, 0.25) is 5.88 Å². The van der Waals surface area contributed by atoms with Crippen molar-refractivity contribution in [1.29, 1.82) is 0 Å². The predicted octanol–water partition coefficient (Wildman–Crippen LogP) is 2.61. The van der Waals surface area contributed by atoms with E-state index in [9.17, 15) is 0 Å². The van der Waals surface area contributed by atoms with Crippen molar-refractivity contribution in [2.75, 3.05) is 17.8 Å². The summed E-state index contributed by atoms with van der Waals surface area (Å²) in [6.07, 6.45) is 0.955. The Morgan fingerprint density at radius 1 is 1.44 bits per heavy atom. The van der Waals surface area contributed by atoms with Gasteiger partial charge in [-0.1, -0.05) is 6.92 Å². The van der Waals surface area contributed by atoms with Gasteiger partial charge in [0, 0.05) is 18.0 Å². The number of nitrogens with zero attached hydrogens (tertiary/aromatic N) is 2. The van der Waals surface area contributed by atoms with Gasteiger partial charge >= 0.3 is 0 Å². The second kappa shape index (κ2) is 6.53. The molecule has 0 aliphatic heterocycles. The number of ether oxygens (including phenoxy) is 1. The molecule has 1 N–H and O–H groups in total. The third-order valence-corrected chi connectivity index (χ3v) is 2.51. The average molecular weight is 244 g/mol. The molecule has 0 fully saturated rings. The van der Waals surface area contributed by atoms with Gasteiger partial charge in [-0.2, -0.15) is 4.98 Å². The van der Waals surface area contributed by atoms with Crippen LogP contribution in [0.5, 0.6) is 5.88 Å². The molecule has 0 bridgehead atoms. The Morgan fingerprint density at radius 2 is 2.19 bits per heavy atom. The molecule has 90 valence electrons. The lowest BCUT2D eigenvalue weighted by Crippen LogP contribution is -2.21. The van der Waals surface area contributed by atoms with E-state index in [0.29, 0.717) is 24.2 Å². The summed E-state index contributed by atoms with van der Waals surface area (Å²) in [4.78, 5) is 8.47. The highest BCUT2D eigenvalue weighted by Crippen LogP contribution is 2.15. The highest BCUT2D eigenvalue weighted by atomic mass is 35.5. The number of rotatable bonds is 6. The molecule has 0 amide bonds. The summed E-state index contributed by atoms with van der Waals surface area (Å²) in [6, 6.07) is 2.02. The molecule has 5 heteroatoms. The minimum Gasteiger partial charge on any atom is -0.478 e. The highest BCUT2D eigenvalue weighted by molar-refractivity contribution is 6.18. The second-order valence-corrected chi connectivity index (χ2v) is 3.78. The van der Waals surface area contributed by atoms with E-state index in [4.69, 9.17) is 16.3 Å². The summed E-state index contributed by atoms with van der Waals surface area (Å²) in [7, 11) is 0. The molecule has 0 saturated heterocycles. The van der Waals surface area contributed by atoms with E-state index in [-0.39, 0.29) is 6.04 Å². The summed E-state index contributed by atoms with van der Waals surface area (Å²) >= 11 is 5.82. The molecule has 1 aromatic heterocycles. The van der Waals surface area contributed by atoms with Gasteiger partial charge in [-0.05, 0) is 20.3 Å². The Morgan fingerprint density at radius 3 is 2.75 bits per heavy atom. The van der Waals surface area contributed by atoms with Crippen LogP contribution in [0.25, 0.3) is 0 Å². The van der Waals surface area contributed by atoms with Crippen LogP contribution in [0.3, 0.4) is 0 Å². The topological polar surface area (TPSA) is 47.0 Å². The van der Waals surface area contributed by atoms with E-state index in [1.165, 1.54) is 0 Å². The normalized spacial score (nSPS) is 12.2. The third kappa shape index (κ3) is 3.85. The fourth-order valence-corrected chi connectivity index (χ4v) is 1.59. The van der Waals surface area contributed by atoms with Crippen LogP contribution in [0.1, 0.15) is 26.1 Å². The number of nitrogens with one attached hydrogen (secondary N) is 1. The van der Waals surface area contributed by atoms with Crippen LogP contribution < -0.4 is 10.1 Å². The summed E-state index contributed by atoms with van der Waals surface area (Å²) in [5.74, 6) is 2.62. The molecule has 0 spiro atoms. The molecule has 4 nitrogen and oxygen atoms in total. The maximum Gasteiger partial charge on any atom is 0.218 e. The van der Waals surface area contributed by atoms with E-state index in [1.807, 2.05) is 13.8 Å². The predicted molar refractivity (Wildman–Crippen MR) is 66.4 cm³/mol. The number of aromatic nitrogens is 2. The fourth-order valence-electron chi connectivity index (χ4n) is 1.29. The lowest BCUT2D eigenvalue weighted by molar-refractivity contribution is 0.325. The first-order valence-corrected chi connectivity index (χ1v) is 6.04. The Hall–Kier alpha value is -1.03. The summed E-state index contributed by atoms with van der Waals surface area (Å²) < 4.78 is 5.35. The molecule has 1 rings (SSSR count). The number of alkyl halides is 1. The van der Waals surface area contributed by atoms with Crippen molar-refractivity contribution in [3.8, 4) is 5.88 Å². The van der Waals surface area contributed by atoms with Crippen molar-refractivity contribution < 1.29 is 4.74 Å².